The molecule has 0 fully saturated rings. The van der Waals surface area contributed by atoms with Crippen LogP contribution in [0.3, 0.4) is 0 Å². The van der Waals surface area contributed by atoms with Crippen LogP contribution >= 0.6 is 0 Å². The maximum absolute atomic E-state index is 13.7. The number of carbonyl (C=O) groups is 1. The van der Waals surface area contributed by atoms with E-state index in [1.807, 2.05) is 24.3 Å². The lowest BCUT2D eigenvalue weighted by Gasteiger charge is -2.10. The molecule has 0 bridgehead atoms. The Morgan fingerprint density at radius 2 is 1.89 bits per heavy atom. The first-order valence-corrected chi connectivity index (χ1v) is 8.41. The number of nitrogens with zero attached hydrogens (tertiary/aromatic N) is 2. The fraction of sp³-hybridized carbons (Fsp3) is 0.150. The van der Waals surface area contributed by atoms with Crippen LogP contribution in [0.25, 0.3) is 0 Å². The van der Waals surface area contributed by atoms with Crippen LogP contribution in [0.1, 0.15) is 16.1 Å². The van der Waals surface area contributed by atoms with Crippen molar-refractivity contribution in [1.29, 1.82) is 0 Å². The van der Waals surface area contributed by atoms with Crippen LogP contribution in [0.15, 0.2) is 60.9 Å². The molecule has 138 valence electrons. The van der Waals surface area contributed by atoms with Gasteiger partial charge in [-0.2, -0.15) is 0 Å². The summed E-state index contributed by atoms with van der Waals surface area (Å²) >= 11 is 0. The first-order valence-electron chi connectivity index (χ1n) is 8.41. The molecule has 0 aliphatic heterocycles. The van der Waals surface area contributed by atoms with Crippen LogP contribution in [0.4, 0.5) is 15.9 Å². The number of hydrogen-bond acceptors (Lipinski definition) is 5. The lowest BCUT2D eigenvalue weighted by atomic mass is 10.1. The van der Waals surface area contributed by atoms with Gasteiger partial charge >= 0.3 is 0 Å². The average molecular weight is 366 g/mol. The minimum Gasteiger partial charge on any atom is -0.496 e. The molecule has 0 saturated heterocycles. The highest BCUT2D eigenvalue weighted by atomic mass is 19.1. The lowest BCUT2D eigenvalue weighted by Crippen LogP contribution is -2.26. The van der Waals surface area contributed by atoms with E-state index in [9.17, 15) is 9.18 Å². The van der Waals surface area contributed by atoms with Gasteiger partial charge in [0.15, 0.2) is 0 Å². The molecule has 1 amide bonds. The largest absolute Gasteiger partial charge is 0.496 e. The molecule has 0 aliphatic carbocycles. The van der Waals surface area contributed by atoms with E-state index in [1.54, 1.807) is 25.3 Å². The number of methoxy groups -OCH3 is 1. The maximum Gasteiger partial charge on any atom is 0.270 e. The predicted molar refractivity (Wildman–Crippen MR) is 101 cm³/mol. The monoisotopic (exact) mass is 366 g/mol. The van der Waals surface area contributed by atoms with E-state index in [0.717, 1.165) is 11.3 Å². The Hall–Kier alpha value is -3.48. The SMILES string of the molecule is COc1ccccc1CCNC(=O)c1cc(Nc2ccccc2F)ncn1. The van der Waals surface area contributed by atoms with E-state index >= 15 is 0 Å². The van der Waals surface area contributed by atoms with Crippen molar-refractivity contribution in [3.05, 3.63) is 78.0 Å². The van der Waals surface area contributed by atoms with Gasteiger partial charge in [0.05, 0.1) is 12.8 Å². The van der Waals surface area contributed by atoms with Gasteiger partial charge in [-0.15, -0.1) is 0 Å². The van der Waals surface area contributed by atoms with Gasteiger partial charge in [-0.25, -0.2) is 14.4 Å². The molecule has 27 heavy (non-hydrogen) atoms. The van der Waals surface area contributed by atoms with Crippen molar-refractivity contribution in [2.75, 3.05) is 19.0 Å². The summed E-state index contributed by atoms with van der Waals surface area (Å²) < 4.78 is 19.0. The second kappa shape index (κ2) is 8.75. The molecule has 1 heterocycles. The van der Waals surface area contributed by atoms with E-state index in [4.69, 9.17) is 4.74 Å². The van der Waals surface area contributed by atoms with E-state index < -0.39 is 5.82 Å². The Labute approximate surface area is 156 Å². The molecule has 3 rings (SSSR count). The Morgan fingerprint density at radius 3 is 2.70 bits per heavy atom. The number of amides is 1. The molecule has 0 radical (unpaired) electrons. The molecule has 0 spiro atoms. The van der Waals surface area contributed by atoms with Crippen LogP contribution < -0.4 is 15.4 Å². The molecule has 0 aliphatic rings. The summed E-state index contributed by atoms with van der Waals surface area (Å²) in [5.74, 6) is 0.387. The van der Waals surface area contributed by atoms with Gasteiger partial charge in [0, 0.05) is 12.6 Å². The van der Waals surface area contributed by atoms with Gasteiger partial charge in [-0.1, -0.05) is 30.3 Å². The quantitative estimate of drug-likeness (QED) is 0.671. The van der Waals surface area contributed by atoms with Crippen LogP contribution in [-0.2, 0) is 6.42 Å². The van der Waals surface area contributed by atoms with Gasteiger partial charge in [0.25, 0.3) is 5.91 Å². The third-order valence-electron chi connectivity index (χ3n) is 3.91. The summed E-state index contributed by atoms with van der Waals surface area (Å²) in [5, 5.41) is 5.66. The van der Waals surface area contributed by atoms with Crippen molar-refractivity contribution in [3.8, 4) is 5.75 Å². The van der Waals surface area contributed by atoms with Crippen molar-refractivity contribution in [1.82, 2.24) is 15.3 Å². The number of hydrogen-bond donors (Lipinski definition) is 2. The number of ether oxygens (including phenoxy) is 1. The molecule has 3 aromatic rings. The predicted octanol–water partition coefficient (Wildman–Crippen LogP) is 3.34. The molecule has 6 nitrogen and oxygen atoms in total. The second-order valence-corrected chi connectivity index (χ2v) is 5.71. The highest BCUT2D eigenvalue weighted by molar-refractivity contribution is 5.92. The van der Waals surface area contributed by atoms with Crippen LogP contribution in [0.5, 0.6) is 5.75 Å². The minimum absolute atomic E-state index is 0.198. The highest BCUT2D eigenvalue weighted by Gasteiger charge is 2.10. The third kappa shape index (κ3) is 4.78. The number of carbonyl (C=O) groups excluding carboxylic acids is 1. The summed E-state index contributed by atoms with van der Waals surface area (Å²) in [6.07, 6.45) is 1.89. The molecular weight excluding hydrogens is 347 g/mol. The number of nitrogens with one attached hydrogen (secondary N) is 2. The summed E-state index contributed by atoms with van der Waals surface area (Å²) in [5.41, 5.74) is 1.48. The van der Waals surface area contributed by atoms with Gasteiger partial charge in [-0.3, -0.25) is 4.79 Å². The van der Waals surface area contributed by atoms with Crippen LogP contribution in [0, 0.1) is 5.82 Å². The molecule has 0 atom stereocenters. The van der Waals surface area contributed by atoms with Crippen molar-refractivity contribution in [2.24, 2.45) is 0 Å². The second-order valence-electron chi connectivity index (χ2n) is 5.71. The van der Waals surface area contributed by atoms with Gasteiger partial charge in [0.1, 0.15) is 29.4 Å². The van der Waals surface area contributed by atoms with E-state index in [2.05, 4.69) is 20.6 Å². The summed E-state index contributed by atoms with van der Waals surface area (Å²) in [6.45, 7) is 0.430. The number of anilines is 2. The summed E-state index contributed by atoms with van der Waals surface area (Å²) in [6, 6.07) is 15.4. The third-order valence-corrected chi connectivity index (χ3v) is 3.91. The Bertz CT molecular complexity index is 933. The van der Waals surface area contributed by atoms with Crippen molar-refractivity contribution in [3.63, 3.8) is 0 Å². The number of rotatable bonds is 7. The fourth-order valence-corrected chi connectivity index (χ4v) is 2.56. The standard InChI is InChI=1S/C20H19FN4O2/c1-27-18-9-5-2-6-14(18)10-11-22-20(26)17-12-19(24-13-23-17)25-16-8-4-3-7-15(16)21/h2-9,12-13H,10-11H2,1H3,(H,22,26)(H,23,24,25). The number of halogens is 1. The zero-order valence-electron chi connectivity index (χ0n) is 14.8. The van der Waals surface area contributed by atoms with Crippen molar-refractivity contribution in [2.45, 2.75) is 6.42 Å². The molecular formula is C20H19FN4O2. The molecule has 0 saturated carbocycles. The lowest BCUT2D eigenvalue weighted by molar-refractivity contribution is 0.0949. The van der Waals surface area contributed by atoms with Gasteiger partial charge in [0.2, 0.25) is 0 Å². The number of aromatic nitrogens is 2. The van der Waals surface area contributed by atoms with Crippen molar-refractivity contribution < 1.29 is 13.9 Å². The maximum atomic E-state index is 13.7. The molecule has 0 unspecified atom stereocenters. The van der Waals surface area contributed by atoms with Gasteiger partial charge < -0.3 is 15.4 Å². The topological polar surface area (TPSA) is 76.1 Å². The molecule has 1 aromatic heterocycles. The summed E-state index contributed by atoms with van der Waals surface area (Å²) in [4.78, 5) is 20.3. The first kappa shape index (κ1) is 18.3. The smallest absolute Gasteiger partial charge is 0.270 e. The number of para-hydroxylation sites is 2. The van der Waals surface area contributed by atoms with Crippen LogP contribution in [-0.4, -0.2) is 29.5 Å². The minimum atomic E-state index is -0.404. The fourth-order valence-electron chi connectivity index (χ4n) is 2.56. The van der Waals surface area contributed by atoms with Crippen molar-refractivity contribution >= 4 is 17.4 Å². The Morgan fingerprint density at radius 1 is 1.11 bits per heavy atom. The number of benzene rings is 2. The highest BCUT2D eigenvalue weighted by Crippen LogP contribution is 2.18. The average Bonchev–Trinajstić information content (AvgIpc) is 2.70. The summed E-state index contributed by atoms with van der Waals surface area (Å²) in [7, 11) is 1.61. The normalized spacial score (nSPS) is 10.3. The van der Waals surface area contributed by atoms with E-state index in [-0.39, 0.29) is 17.3 Å². The van der Waals surface area contributed by atoms with Crippen LogP contribution in [0.2, 0.25) is 0 Å². The molecule has 2 aromatic carbocycles. The Balaban J connectivity index is 1.61. The molecule has 2 N–H and O–H groups in total. The molecule has 7 heteroatoms. The van der Waals surface area contributed by atoms with Gasteiger partial charge in [-0.05, 0) is 30.2 Å². The Kier molecular flexibility index (Phi) is 5.94. The van der Waals surface area contributed by atoms with E-state index in [1.165, 1.54) is 18.5 Å². The zero-order chi connectivity index (χ0) is 19.1. The first-order chi connectivity index (χ1) is 13.2. The van der Waals surface area contributed by atoms with E-state index in [0.29, 0.717) is 18.8 Å². The zero-order valence-corrected chi connectivity index (χ0v) is 14.8.